The number of carboxylic acids is 1. The Hall–Kier alpha value is -2.30. The van der Waals surface area contributed by atoms with Gasteiger partial charge >= 0.3 is 5.97 Å². The van der Waals surface area contributed by atoms with E-state index in [-0.39, 0.29) is 11.7 Å². The smallest absolute Gasteiger partial charge is 0.306 e. The third-order valence-electron chi connectivity index (χ3n) is 3.40. The van der Waals surface area contributed by atoms with Crippen molar-refractivity contribution < 1.29 is 19.4 Å². The fourth-order valence-corrected chi connectivity index (χ4v) is 2.32. The van der Waals surface area contributed by atoms with E-state index in [9.17, 15) is 9.90 Å². The Balaban J connectivity index is 1.91. The van der Waals surface area contributed by atoms with Crippen molar-refractivity contribution in [1.82, 2.24) is 4.98 Å². The van der Waals surface area contributed by atoms with Crippen molar-refractivity contribution >= 4 is 5.97 Å². The summed E-state index contributed by atoms with van der Waals surface area (Å²) < 4.78 is 5.67. The highest BCUT2D eigenvalue weighted by Gasteiger charge is 2.28. The van der Waals surface area contributed by atoms with Crippen molar-refractivity contribution in [3.8, 4) is 17.2 Å². The second kappa shape index (κ2) is 4.42. The number of fused-ring (bicyclic) bond motifs is 1. The van der Waals surface area contributed by atoms with E-state index >= 15 is 0 Å². The molecule has 19 heavy (non-hydrogen) atoms. The van der Waals surface area contributed by atoms with Gasteiger partial charge in [0.05, 0.1) is 11.6 Å². The van der Waals surface area contributed by atoms with Gasteiger partial charge in [0.2, 0.25) is 5.89 Å². The second-order valence-electron chi connectivity index (χ2n) is 4.71. The van der Waals surface area contributed by atoms with Gasteiger partial charge in [0.1, 0.15) is 11.5 Å². The summed E-state index contributed by atoms with van der Waals surface area (Å²) in [6.45, 7) is 0. The van der Waals surface area contributed by atoms with Gasteiger partial charge in [-0.05, 0) is 30.7 Å². The van der Waals surface area contributed by atoms with Crippen LogP contribution in [-0.2, 0) is 17.6 Å². The van der Waals surface area contributed by atoms with E-state index in [0.29, 0.717) is 25.2 Å². The van der Waals surface area contributed by atoms with Crippen molar-refractivity contribution in [2.75, 3.05) is 0 Å². The molecule has 3 rings (SSSR count). The number of oxazole rings is 1. The number of nitrogens with zero attached hydrogens (tertiary/aromatic N) is 1. The van der Waals surface area contributed by atoms with Gasteiger partial charge in [0.25, 0.3) is 0 Å². The Labute approximate surface area is 109 Å². The minimum atomic E-state index is -0.778. The third-order valence-corrected chi connectivity index (χ3v) is 3.40. The molecular formula is C14H13NO4. The highest BCUT2D eigenvalue weighted by Crippen LogP contribution is 2.30. The molecule has 1 atom stereocenters. The summed E-state index contributed by atoms with van der Waals surface area (Å²) in [5, 5.41) is 18.3. The number of aryl methyl sites for hydroxylation is 1. The summed E-state index contributed by atoms with van der Waals surface area (Å²) in [6, 6.07) is 6.58. The maximum atomic E-state index is 11.0. The zero-order chi connectivity index (χ0) is 13.4. The highest BCUT2D eigenvalue weighted by molar-refractivity contribution is 5.70. The summed E-state index contributed by atoms with van der Waals surface area (Å²) in [4.78, 5) is 15.4. The lowest BCUT2D eigenvalue weighted by Gasteiger charge is -2.15. The van der Waals surface area contributed by atoms with E-state index in [2.05, 4.69) is 4.98 Å². The van der Waals surface area contributed by atoms with Crippen LogP contribution in [0.1, 0.15) is 17.9 Å². The Morgan fingerprint density at radius 2 is 2.05 bits per heavy atom. The topological polar surface area (TPSA) is 83.6 Å². The molecule has 0 radical (unpaired) electrons. The van der Waals surface area contributed by atoms with Crippen LogP contribution in [0.25, 0.3) is 11.5 Å². The molecule has 0 amide bonds. The predicted molar refractivity (Wildman–Crippen MR) is 66.8 cm³/mol. The summed E-state index contributed by atoms with van der Waals surface area (Å²) in [5.41, 5.74) is 1.51. The molecule has 1 aromatic heterocycles. The molecule has 0 saturated carbocycles. The lowest BCUT2D eigenvalue weighted by molar-refractivity contribution is -0.142. The number of carbonyl (C=O) groups is 1. The standard InChI is InChI=1S/C14H13NO4/c16-10-4-1-8(2-5-10)13-15-11-7-9(14(17)18)3-6-12(11)19-13/h1-2,4-5,9,16H,3,6-7H2,(H,17,18). The first-order chi connectivity index (χ1) is 9.13. The van der Waals surface area contributed by atoms with Crippen LogP contribution in [0.5, 0.6) is 5.75 Å². The number of hydrogen-bond donors (Lipinski definition) is 2. The zero-order valence-electron chi connectivity index (χ0n) is 10.2. The van der Waals surface area contributed by atoms with Gasteiger partial charge < -0.3 is 14.6 Å². The highest BCUT2D eigenvalue weighted by atomic mass is 16.4. The fraction of sp³-hybridized carbons (Fsp3) is 0.286. The number of hydrogen-bond acceptors (Lipinski definition) is 4. The van der Waals surface area contributed by atoms with Crippen LogP contribution in [0, 0.1) is 5.92 Å². The van der Waals surface area contributed by atoms with E-state index in [0.717, 1.165) is 17.0 Å². The second-order valence-corrected chi connectivity index (χ2v) is 4.71. The van der Waals surface area contributed by atoms with Gasteiger partial charge in [-0.3, -0.25) is 4.79 Å². The maximum Gasteiger partial charge on any atom is 0.306 e. The minimum absolute atomic E-state index is 0.186. The Kier molecular flexibility index (Phi) is 2.74. The van der Waals surface area contributed by atoms with Crippen molar-refractivity contribution in [2.24, 2.45) is 5.92 Å². The summed E-state index contributed by atoms with van der Waals surface area (Å²) in [5.74, 6) is 0.299. The zero-order valence-corrected chi connectivity index (χ0v) is 10.2. The fourth-order valence-electron chi connectivity index (χ4n) is 2.32. The third kappa shape index (κ3) is 2.19. The molecular weight excluding hydrogens is 246 g/mol. The molecule has 1 heterocycles. The molecule has 1 aromatic carbocycles. The van der Waals surface area contributed by atoms with E-state index in [1.54, 1.807) is 24.3 Å². The Morgan fingerprint density at radius 1 is 1.32 bits per heavy atom. The molecule has 1 aliphatic rings. The first-order valence-corrected chi connectivity index (χ1v) is 6.14. The minimum Gasteiger partial charge on any atom is -0.508 e. The lowest BCUT2D eigenvalue weighted by atomic mass is 9.90. The van der Waals surface area contributed by atoms with Crippen molar-refractivity contribution in [1.29, 1.82) is 0 Å². The average Bonchev–Trinajstić information content (AvgIpc) is 2.82. The van der Waals surface area contributed by atoms with E-state index in [1.165, 1.54) is 0 Å². The summed E-state index contributed by atoms with van der Waals surface area (Å²) in [7, 11) is 0. The van der Waals surface area contributed by atoms with Crippen molar-refractivity contribution in [3.63, 3.8) is 0 Å². The van der Waals surface area contributed by atoms with Gasteiger partial charge in [0.15, 0.2) is 0 Å². The van der Waals surface area contributed by atoms with Crippen LogP contribution in [0.4, 0.5) is 0 Å². The normalized spacial score (nSPS) is 18.0. The van der Waals surface area contributed by atoms with Crippen LogP contribution in [0.3, 0.4) is 0 Å². The number of rotatable bonds is 2. The molecule has 1 aliphatic carbocycles. The van der Waals surface area contributed by atoms with Gasteiger partial charge in [-0.25, -0.2) is 4.98 Å². The molecule has 1 unspecified atom stereocenters. The SMILES string of the molecule is O=C(O)C1CCc2oc(-c3ccc(O)cc3)nc2C1. The quantitative estimate of drug-likeness (QED) is 0.864. The Bertz CT molecular complexity index is 615. The first kappa shape index (κ1) is 11.8. The van der Waals surface area contributed by atoms with Crippen LogP contribution in [0.15, 0.2) is 28.7 Å². The maximum absolute atomic E-state index is 11.0. The molecule has 98 valence electrons. The van der Waals surface area contributed by atoms with Crippen molar-refractivity contribution in [2.45, 2.75) is 19.3 Å². The van der Waals surface area contributed by atoms with E-state index in [1.807, 2.05) is 0 Å². The molecule has 2 aromatic rings. The van der Waals surface area contributed by atoms with Crippen molar-refractivity contribution in [3.05, 3.63) is 35.7 Å². The average molecular weight is 259 g/mol. The summed E-state index contributed by atoms with van der Waals surface area (Å²) in [6.07, 6.45) is 1.62. The van der Waals surface area contributed by atoms with Crippen LogP contribution >= 0.6 is 0 Å². The number of aromatic nitrogens is 1. The summed E-state index contributed by atoms with van der Waals surface area (Å²) >= 11 is 0. The molecule has 0 bridgehead atoms. The number of aliphatic carboxylic acids is 1. The van der Waals surface area contributed by atoms with E-state index in [4.69, 9.17) is 9.52 Å². The van der Waals surface area contributed by atoms with Gasteiger partial charge in [-0.15, -0.1) is 0 Å². The molecule has 0 spiro atoms. The van der Waals surface area contributed by atoms with Crippen LogP contribution in [-0.4, -0.2) is 21.2 Å². The number of phenols is 1. The molecule has 5 heteroatoms. The van der Waals surface area contributed by atoms with Gasteiger partial charge in [-0.1, -0.05) is 0 Å². The molecule has 0 saturated heterocycles. The number of carboxylic acid groups (broad SMARTS) is 1. The van der Waals surface area contributed by atoms with Gasteiger partial charge in [0, 0.05) is 18.4 Å². The van der Waals surface area contributed by atoms with Gasteiger partial charge in [-0.2, -0.15) is 0 Å². The molecule has 2 N–H and O–H groups in total. The molecule has 0 fully saturated rings. The molecule has 5 nitrogen and oxygen atoms in total. The lowest BCUT2D eigenvalue weighted by Crippen LogP contribution is -2.21. The number of phenolic OH excluding ortho intramolecular Hbond substituents is 1. The van der Waals surface area contributed by atoms with Crippen LogP contribution in [0.2, 0.25) is 0 Å². The van der Waals surface area contributed by atoms with E-state index < -0.39 is 5.97 Å². The Morgan fingerprint density at radius 3 is 2.74 bits per heavy atom. The predicted octanol–water partition coefficient (Wildman–Crippen LogP) is 2.24. The monoisotopic (exact) mass is 259 g/mol. The van der Waals surface area contributed by atoms with Crippen LogP contribution < -0.4 is 0 Å². The molecule has 0 aliphatic heterocycles. The largest absolute Gasteiger partial charge is 0.508 e. The number of benzene rings is 1. The first-order valence-electron chi connectivity index (χ1n) is 6.14. The number of aromatic hydroxyl groups is 1.